The highest BCUT2D eigenvalue weighted by atomic mass is 35.5. The molecule has 0 saturated carbocycles. The van der Waals surface area contributed by atoms with E-state index in [-0.39, 0.29) is 6.04 Å². The number of hydrogen-bond acceptors (Lipinski definition) is 1. The number of hydrogen-bond donors (Lipinski definition) is 0. The maximum absolute atomic E-state index is 6.10. The molecule has 0 amide bonds. The minimum atomic E-state index is 0.172. The zero-order chi connectivity index (χ0) is 15.0. The summed E-state index contributed by atoms with van der Waals surface area (Å²) in [6.45, 7) is 4.30. The fourth-order valence-electron chi connectivity index (χ4n) is 2.84. The standard InChI is InChI=1S/C17H16Cl2N2/c1-11-5-3-4-6-14(11)12(2)21-16-8-7-13(19)9-15(16)20-17(21)10-18/h3-9,12H,10H2,1-2H3. The molecule has 3 aromatic rings. The van der Waals surface area contributed by atoms with Gasteiger partial charge in [-0.05, 0) is 43.2 Å². The van der Waals surface area contributed by atoms with E-state index < -0.39 is 0 Å². The number of fused-ring (bicyclic) bond motifs is 1. The number of aryl methyl sites for hydroxylation is 1. The lowest BCUT2D eigenvalue weighted by atomic mass is 10.0. The van der Waals surface area contributed by atoms with Crippen LogP contribution in [0.1, 0.15) is 29.9 Å². The van der Waals surface area contributed by atoms with Crippen LogP contribution >= 0.6 is 23.2 Å². The largest absolute Gasteiger partial charge is 0.320 e. The first-order valence-corrected chi connectivity index (χ1v) is 7.81. The Morgan fingerprint density at radius 2 is 1.95 bits per heavy atom. The third kappa shape index (κ3) is 2.54. The van der Waals surface area contributed by atoms with Gasteiger partial charge in [-0.3, -0.25) is 0 Å². The molecule has 0 saturated heterocycles. The van der Waals surface area contributed by atoms with Crippen LogP contribution in [0.5, 0.6) is 0 Å². The van der Waals surface area contributed by atoms with Gasteiger partial charge >= 0.3 is 0 Å². The van der Waals surface area contributed by atoms with Gasteiger partial charge in [0.15, 0.2) is 0 Å². The Morgan fingerprint density at radius 1 is 1.19 bits per heavy atom. The van der Waals surface area contributed by atoms with Gasteiger partial charge in [0.05, 0.1) is 23.0 Å². The summed E-state index contributed by atoms with van der Waals surface area (Å²) in [4.78, 5) is 4.61. The molecule has 0 spiro atoms. The van der Waals surface area contributed by atoms with Crippen molar-refractivity contribution in [2.75, 3.05) is 0 Å². The van der Waals surface area contributed by atoms with E-state index in [4.69, 9.17) is 23.2 Å². The van der Waals surface area contributed by atoms with E-state index in [2.05, 4.69) is 47.7 Å². The van der Waals surface area contributed by atoms with Gasteiger partial charge in [-0.25, -0.2) is 4.98 Å². The monoisotopic (exact) mass is 318 g/mol. The van der Waals surface area contributed by atoms with Crippen molar-refractivity contribution in [3.8, 4) is 0 Å². The molecule has 0 fully saturated rings. The fraction of sp³-hybridized carbons (Fsp3) is 0.235. The molecular formula is C17H16Cl2N2. The summed E-state index contributed by atoms with van der Waals surface area (Å²) in [5.74, 6) is 1.24. The van der Waals surface area contributed by atoms with Crippen LogP contribution in [-0.4, -0.2) is 9.55 Å². The first kappa shape index (κ1) is 14.4. The van der Waals surface area contributed by atoms with Gasteiger partial charge in [-0.2, -0.15) is 0 Å². The molecular weight excluding hydrogens is 303 g/mol. The van der Waals surface area contributed by atoms with Crippen molar-refractivity contribution in [2.45, 2.75) is 25.8 Å². The molecule has 1 atom stereocenters. The maximum atomic E-state index is 6.10. The van der Waals surface area contributed by atoms with Gasteiger partial charge in [0, 0.05) is 5.02 Å². The molecule has 0 N–H and O–H groups in total. The quantitative estimate of drug-likeness (QED) is 0.595. The van der Waals surface area contributed by atoms with Gasteiger partial charge in [0.2, 0.25) is 0 Å². The molecule has 3 rings (SSSR count). The highest BCUT2D eigenvalue weighted by Crippen LogP contribution is 2.29. The molecule has 1 heterocycles. The van der Waals surface area contributed by atoms with Crippen molar-refractivity contribution >= 4 is 34.2 Å². The number of halogens is 2. The minimum absolute atomic E-state index is 0.172. The third-order valence-corrected chi connectivity index (χ3v) is 4.34. The summed E-state index contributed by atoms with van der Waals surface area (Å²) in [7, 11) is 0. The number of benzene rings is 2. The molecule has 0 radical (unpaired) electrons. The molecule has 0 bridgehead atoms. The Bertz CT molecular complexity index is 793. The van der Waals surface area contributed by atoms with E-state index in [1.165, 1.54) is 11.1 Å². The minimum Gasteiger partial charge on any atom is -0.320 e. The Labute approximate surface area is 134 Å². The number of nitrogens with zero attached hydrogens (tertiary/aromatic N) is 2. The van der Waals surface area contributed by atoms with Gasteiger partial charge < -0.3 is 4.57 Å². The van der Waals surface area contributed by atoms with Gasteiger partial charge in [-0.15, -0.1) is 11.6 Å². The van der Waals surface area contributed by atoms with E-state index in [1.54, 1.807) is 0 Å². The van der Waals surface area contributed by atoms with Crippen LogP contribution in [0.2, 0.25) is 5.02 Å². The molecule has 2 aromatic carbocycles. The van der Waals surface area contributed by atoms with Crippen molar-refractivity contribution in [1.82, 2.24) is 9.55 Å². The van der Waals surface area contributed by atoms with E-state index >= 15 is 0 Å². The van der Waals surface area contributed by atoms with Crippen LogP contribution in [0.3, 0.4) is 0 Å². The second kappa shape index (κ2) is 5.70. The number of imidazole rings is 1. The van der Waals surface area contributed by atoms with Gasteiger partial charge in [-0.1, -0.05) is 35.9 Å². The molecule has 0 aliphatic rings. The average Bonchev–Trinajstić information content (AvgIpc) is 2.84. The van der Waals surface area contributed by atoms with Gasteiger partial charge in [0.25, 0.3) is 0 Å². The van der Waals surface area contributed by atoms with Crippen molar-refractivity contribution in [3.63, 3.8) is 0 Å². The zero-order valence-corrected chi connectivity index (χ0v) is 13.5. The normalized spacial score (nSPS) is 12.8. The Morgan fingerprint density at radius 3 is 2.67 bits per heavy atom. The van der Waals surface area contributed by atoms with E-state index in [0.717, 1.165) is 16.9 Å². The van der Waals surface area contributed by atoms with Crippen molar-refractivity contribution in [1.29, 1.82) is 0 Å². The Kier molecular flexibility index (Phi) is 3.92. The summed E-state index contributed by atoms with van der Waals surface area (Å²) < 4.78 is 2.20. The van der Waals surface area contributed by atoms with Crippen molar-refractivity contribution < 1.29 is 0 Å². The second-order valence-corrected chi connectivity index (χ2v) is 5.90. The molecule has 4 heteroatoms. The fourth-order valence-corrected chi connectivity index (χ4v) is 3.20. The predicted molar refractivity (Wildman–Crippen MR) is 89.3 cm³/mol. The molecule has 21 heavy (non-hydrogen) atoms. The first-order valence-electron chi connectivity index (χ1n) is 6.89. The number of alkyl halides is 1. The van der Waals surface area contributed by atoms with Crippen molar-refractivity contribution in [2.24, 2.45) is 0 Å². The van der Waals surface area contributed by atoms with Gasteiger partial charge in [0.1, 0.15) is 5.82 Å². The van der Waals surface area contributed by atoms with Crippen LogP contribution < -0.4 is 0 Å². The summed E-state index contributed by atoms with van der Waals surface area (Å²) in [5.41, 5.74) is 4.49. The van der Waals surface area contributed by atoms with E-state index in [0.29, 0.717) is 10.9 Å². The summed E-state index contributed by atoms with van der Waals surface area (Å²) >= 11 is 12.2. The molecule has 108 valence electrons. The number of aromatic nitrogens is 2. The second-order valence-electron chi connectivity index (χ2n) is 5.20. The SMILES string of the molecule is Cc1ccccc1C(C)n1c(CCl)nc2cc(Cl)ccc21. The molecule has 1 aromatic heterocycles. The highest BCUT2D eigenvalue weighted by Gasteiger charge is 2.18. The summed E-state index contributed by atoms with van der Waals surface area (Å²) in [5, 5.41) is 0.691. The Hall–Kier alpha value is -1.51. The zero-order valence-electron chi connectivity index (χ0n) is 12.0. The van der Waals surface area contributed by atoms with Crippen molar-refractivity contribution in [3.05, 3.63) is 64.4 Å². The topological polar surface area (TPSA) is 17.8 Å². The lowest BCUT2D eigenvalue weighted by Gasteiger charge is -2.19. The third-order valence-electron chi connectivity index (χ3n) is 3.87. The predicted octanol–water partition coefficient (Wildman–Crippen LogP) is 5.35. The van der Waals surface area contributed by atoms with Crippen LogP contribution in [0.25, 0.3) is 11.0 Å². The van der Waals surface area contributed by atoms with Crippen LogP contribution in [-0.2, 0) is 5.88 Å². The molecule has 0 aliphatic carbocycles. The van der Waals surface area contributed by atoms with Crippen LogP contribution in [0.15, 0.2) is 42.5 Å². The smallest absolute Gasteiger partial charge is 0.125 e. The lowest BCUT2D eigenvalue weighted by Crippen LogP contribution is -2.11. The van der Waals surface area contributed by atoms with Crippen LogP contribution in [0, 0.1) is 6.92 Å². The van der Waals surface area contributed by atoms with E-state index in [1.807, 2.05) is 18.2 Å². The molecule has 0 aliphatic heterocycles. The number of rotatable bonds is 3. The lowest BCUT2D eigenvalue weighted by molar-refractivity contribution is 0.630. The highest BCUT2D eigenvalue weighted by molar-refractivity contribution is 6.31. The van der Waals surface area contributed by atoms with Crippen LogP contribution in [0.4, 0.5) is 0 Å². The average molecular weight is 319 g/mol. The maximum Gasteiger partial charge on any atom is 0.125 e. The Balaban J connectivity index is 2.21. The summed E-state index contributed by atoms with van der Waals surface area (Å²) in [6, 6.07) is 14.4. The van der Waals surface area contributed by atoms with E-state index in [9.17, 15) is 0 Å². The summed E-state index contributed by atoms with van der Waals surface area (Å²) in [6.07, 6.45) is 0. The molecule has 1 unspecified atom stereocenters. The molecule has 2 nitrogen and oxygen atoms in total. The first-order chi connectivity index (χ1) is 10.1.